The fraction of sp³-hybridized carbons (Fsp3) is 0.273. The molecule has 0 saturated heterocycles. The molecule has 0 aliphatic carbocycles. The van der Waals surface area contributed by atoms with Crippen molar-refractivity contribution in [3.63, 3.8) is 0 Å². The number of benzene rings is 2. The first-order valence-electron chi connectivity index (χ1n) is 9.48. The molecule has 5 nitrogen and oxygen atoms in total. The maximum atomic E-state index is 13.1. The van der Waals surface area contributed by atoms with Crippen LogP contribution in [0.5, 0.6) is 0 Å². The van der Waals surface area contributed by atoms with E-state index in [1.165, 1.54) is 29.2 Å². The minimum Gasteiger partial charge on any atom is -0.346 e. The van der Waals surface area contributed by atoms with E-state index in [-0.39, 0.29) is 17.6 Å². The Labute approximate surface area is 165 Å². The third kappa shape index (κ3) is 6.96. The zero-order valence-electron chi connectivity index (χ0n) is 16.3. The molecule has 0 unspecified atom stereocenters. The molecule has 0 aliphatic heterocycles. The normalized spacial score (nSPS) is 11.0. The van der Waals surface area contributed by atoms with Crippen LogP contribution in [0.4, 0.5) is 10.1 Å². The molecule has 2 amide bonds. The molecule has 28 heavy (non-hydrogen) atoms. The summed E-state index contributed by atoms with van der Waals surface area (Å²) < 4.78 is 13.1. The summed E-state index contributed by atoms with van der Waals surface area (Å²) in [5.74, 6) is -0.811. The van der Waals surface area contributed by atoms with Crippen LogP contribution in [0, 0.1) is 5.82 Å². The van der Waals surface area contributed by atoms with Crippen molar-refractivity contribution in [2.24, 2.45) is 0 Å². The van der Waals surface area contributed by atoms with Crippen molar-refractivity contribution in [3.8, 4) is 0 Å². The average Bonchev–Trinajstić information content (AvgIpc) is 2.70. The van der Waals surface area contributed by atoms with E-state index in [1.54, 1.807) is 36.4 Å². The summed E-state index contributed by atoms with van der Waals surface area (Å²) in [4.78, 5) is 25.6. The van der Waals surface area contributed by atoms with Crippen molar-refractivity contribution < 1.29 is 18.9 Å². The molecule has 0 saturated carbocycles. The van der Waals surface area contributed by atoms with Crippen LogP contribution in [0.15, 0.2) is 54.6 Å². The zero-order valence-corrected chi connectivity index (χ0v) is 16.3. The maximum absolute atomic E-state index is 13.1. The Morgan fingerprint density at radius 3 is 2.43 bits per heavy atom. The second-order valence-electron chi connectivity index (χ2n) is 6.42. The highest BCUT2D eigenvalue weighted by atomic mass is 19.1. The van der Waals surface area contributed by atoms with Gasteiger partial charge in [-0.15, -0.1) is 0 Å². The lowest BCUT2D eigenvalue weighted by Gasteiger charge is -2.15. The third-order valence-electron chi connectivity index (χ3n) is 4.45. The van der Waals surface area contributed by atoms with Crippen molar-refractivity contribution in [2.45, 2.75) is 13.8 Å². The first kappa shape index (κ1) is 21.3. The molecule has 3 N–H and O–H groups in total. The first-order chi connectivity index (χ1) is 13.5. The predicted molar refractivity (Wildman–Crippen MR) is 110 cm³/mol. The van der Waals surface area contributed by atoms with E-state index in [0.29, 0.717) is 23.4 Å². The Morgan fingerprint density at radius 1 is 1.07 bits per heavy atom. The number of nitrogens with one attached hydrogen (secondary N) is 3. The van der Waals surface area contributed by atoms with Crippen LogP contribution in [0.3, 0.4) is 0 Å². The van der Waals surface area contributed by atoms with Crippen molar-refractivity contribution in [1.29, 1.82) is 0 Å². The Bertz CT molecular complexity index is 815. The van der Waals surface area contributed by atoms with E-state index in [9.17, 15) is 14.0 Å². The average molecular weight is 384 g/mol. The number of carbonyl (C=O) groups excluding carboxylic acids is 2. The van der Waals surface area contributed by atoms with Crippen LogP contribution in [-0.4, -0.2) is 38.0 Å². The van der Waals surface area contributed by atoms with Gasteiger partial charge in [0.1, 0.15) is 5.82 Å². The van der Waals surface area contributed by atoms with Crippen molar-refractivity contribution >= 4 is 23.6 Å². The number of rotatable bonds is 9. The molecule has 2 aromatic carbocycles. The summed E-state index contributed by atoms with van der Waals surface area (Å²) in [6.45, 7) is 7.84. The maximum Gasteiger partial charge on any atom is 0.251 e. The molecule has 0 aliphatic rings. The number of hydrogen-bond acceptors (Lipinski definition) is 2. The molecular formula is C22H27FN3O2+. The number of quaternary nitrogens is 1. The van der Waals surface area contributed by atoms with Crippen molar-refractivity contribution in [2.75, 3.05) is 31.5 Å². The van der Waals surface area contributed by atoms with E-state index >= 15 is 0 Å². The van der Waals surface area contributed by atoms with Gasteiger partial charge >= 0.3 is 0 Å². The lowest BCUT2D eigenvalue weighted by atomic mass is 10.2. The third-order valence-corrected chi connectivity index (χ3v) is 4.45. The highest BCUT2D eigenvalue weighted by Crippen LogP contribution is 2.10. The minimum atomic E-state index is -0.352. The molecule has 0 atom stereocenters. The molecule has 6 heteroatoms. The van der Waals surface area contributed by atoms with Crippen LogP contribution < -0.4 is 15.5 Å². The molecule has 0 fully saturated rings. The molecule has 2 aromatic rings. The minimum absolute atomic E-state index is 0.129. The fourth-order valence-corrected chi connectivity index (χ4v) is 2.73. The molecule has 0 bridgehead atoms. The van der Waals surface area contributed by atoms with Crippen molar-refractivity contribution in [3.05, 3.63) is 71.6 Å². The number of halogens is 1. The highest BCUT2D eigenvalue weighted by Gasteiger charge is 2.08. The van der Waals surface area contributed by atoms with Gasteiger partial charge in [-0.25, -0.2) is 4.39 Å². The topological polar surface area (TPSA) is 62.6 Å². The molecule has 2 rings (SSSR count). The fourth-order valence-electron chi connectivity index (χ4n) is 2.73. The Hall–Kier alpha value is -2.99. The van der Waals surface area contributed by atoms with Gasteiger partial charge in [-0.3, -0.25) is 9.59 Å². The van der Waals surface area contributed by atoms with Gasteiger partial charge in [0.05, 0.1) is 26.2 Å². The van der Waals surface area contributed by atoms with E-state index in [2.05, 4.69) is 24.5 Å². The molecule has 0 spiro atoms. The first-order valence-corrected chi connectivity index (χ1v) is 9.48. The van der Waals surface area contributed by atoms with E-state index < -0.39 is 0 Å². The molecule has 0 heterocycles. The molecule has 148 valence electrons. The summed E-state index contributed by atoms with van der Waals surface area (Å²) in [6, 6.07) is 12.7. The summed E-state index contributed by atoms with van der Waals surface area (Å²) in [5, 5.41) is 5.62. The molecular weight excluding hydrogens is 357 g/mol. The molecule has 0 radical (unpaired) electrons. The Kier molecular flexibility index (Phi) is 8.37. The summed E-state index contributed by atoms with van der Waals surface area (Å²) >= 11 is 0. The van der Waals surface area contributed by atoms with Gasteiger partial charge in [-0.05, 0) is 61.9 Å². The largest absolute Gasteiger partial charge is 0.346 e. The van der Waals surface area contributed by atoms with Gasteiger partial charge in [-0.1, -0.05) is 12.1 Å². The lowest BCUT2D eigenvalue weighted by Crippen LogP contribution is -3.12. The SMILES string of the molecule is CC[NH+](CC)CCNC(=O)c1ccc(NC(=O)/C=C/c2cccc(F)c2)cc1. The number of amides is 2. The number of carbonyl (C=O) groups is 2. The van der Waals surface area contributed by atoms with E-state index in [4.69, 9.17) is 0 Å². The van der Waals surface area contributed by atoms with Crippen molar-refractivity contribution in [1.82, 2.24) is 5.32 Å². The van der Waals surface area contributed by atoms with Gasteiger partial charge in [0, 0.05) is 17.3 Å². The standard InChI is InChI=1S/C22H26FN3O2/c1-3-26(4-2)15-14-24-22(28)18-9-11-20(12-10-18)25-21(27)13-8-17-6-5-7-19(23)16-17/h5-13,16H,3-4,14-15H2,1-2H3,(H,24,28)(H,25,27)/p+1/b13-8+. The summed E-state index contributed by atoms with van der Waals surface area (Å²) in [7, 11) is 0. The highest BCUT2D eigenvalue weighted by molar-refractivity contribution is 6.02. The van der Waals surface area contributed by atoms with Crippen LogP contribution in [0.25, 0.3) is 6.08 Å². The predicted octanol–water partition coefficient (Wildman–Crippen LogP) is 2.13. The van der Waals surface area contributed by atoms with Gasteiger partial charge in [0.15, 0.2) is 0 Å². The monoisotopic (exact) mass is 384 g/mol. The van der Waals surface area contributed by atoms with E-state index in [1.807, 2.05) is 0 Å². The van der Waals surface area contributed by atoms with Crippen LogP contribution in [0.1, 0.15) is 29.8 Å². The smallest absolute Gasteiger partial charge is 0.251 e. The number of hydrogen-bond donors (Lipinski definition) is 3. The van der Waals surface area contributed by atoms with Crippen LogP contribution in [-0.2, 0) is 4.79 Å². The van der Waals surface area contributed by atoms with E-state index in [0.717, 1.165) is 19.6 Å². The second-order valence-corrected chi connectivity index (χ2v) is 6.42. The number of likely N-dealkylation sites (N-methyl/N-ethyl adjacent to an activating group) is 1. The quantitative estimate of drug-likeness (QED) is 0.580. The van der Waals surface area contributed by atoms with Gasteiger partial charge in [0.2, 0.25) is 5.91 Å². The van der Waals surface area contributed by atoms with Gasteiger partial charge < -0.3 is 15.5 Å². The summed E-state index contributed by atoms with van der Waals surface area (Å²) in [6.07, 6.45) is 2.88. The molecule has 0 aromatic heterocycles. The van der Waals surface area contributed by atoms with Gasteiger partial charge in [0.25, 0.3) is 5.91 Å². The Balaban J connectivity index is 1.84. The Morgan fingerprint density at radius 2 is 1.79 bits per heavy atom. The van der Waals surface area contributed by atoms with Crippen LogP contribution in [0.2, 0.25) is 0 Å². The van der Waals surface area contributed by atoms with Crippen LogP contribution >= 0.6 is 0 Å². The zero-order chi connectivity index (χ0) is 20.4. The number of anilines is 1. The summed E-state index contributed by atoms with van der Waals surface area (Å²) in [5.41, 5.74) is 1.73. The lowest BCUT2D eigenvalue weighted by molar-refractivity contribution is -0.895. The second kappa shape index (κ2) is 11.0. The van der Waals surface area contributed by atoms with Gasteiger partial charge in [-0.2, -0.15) is 0 Å².